The third-order valence-corrected chi connectivity index (χ3v) is 3.59. The van der Waals surface area contributed by atoms with Gasteiger partial charge in [-0.25, -0.2) is 0 Å². The SMILES string of the molecule is CCC(C)C(N)C(=O)c1ccc2c(c1)OCCCO2. The number of nitrogens with two attached hydrogens (primary N) is 1. The molecule has 104 valence electrons. The second kappa shape index (κ2) is 6.06. The molecule has 0 saturated heterocycles. The summed E-state index contributed by atoms with van der Waals surface area (Å²) in [4.78, 5) is 12.3. The summed E-state index contributed by atoms with van der Waals surface area (Å²) in [7, 11) is 0. The summed E-state index contributed by atoms with van der Waals surface area (Å²) < 4.78 is 11.1. The molecule has 0 aromatic heterocycles. The Morgan fingerprint density at radius 3 is 2.68 bits per heavy atom. The highest BCUT2D eigenvalue weighted by molar-refractivity contribution is 6.00. The maximum atomic E-state index is 12.3. The zero-order valence-corrected chi connectivity index (χ0v) is 11.5. The van der Waals surface area contributed by atoms with Crippen LogP contribution in [-0.4, -0.2) is 25.0 Å². The van der Waals surface area contributed by atoms with Crippen molar-refractivity contribution in [2.24, 2.45) is 11.7 Å². The molecule has 2 rings (SSSR count). The maximum Gasteiger partial charge on any atom is 0.179 e. The van der Waals surface area contributed by atoms with E-state index in [1.54, 1.807) is 18.2 Å². The van der Waals surface area contributed by atoms with Crippen LogP contribution in [0.1, 0.15) is 37.0 Å². The molecule has 2 atom stereocenters. The second-order valence-corrected chi connectivity index (χ2v) is 4.99. The van der Waals surface area contributed by atoms with Crippen molar-refractivity contribution < 1.29 is 14.3 Å². The van der Waals surface area contributed by atoms with Gasteiger partial charge in [-0.3, -0.25) is 4.79 Å². The quantitative estimate of drug-likeness (QED) is 0.847. The summed E-state index contributed by atoms with van der Waals surface area (Å²) in [5.74, 6) is 1.47. The van der Waals surface area contributed by atoms with E-state index in [0.29, 0.717) is 30.3 Å². The Labute approximate surface area is 113 Å². The number of benzene rings is 1. The normalized spacial score (nSPS) is 17.4. The standard InChI is InChI=1S/C15H21NO3/c1-3-10(2)14(16)15(17)11-5-6-12-13(9-11)19-8-4-7-18-12/h5-6,9-10,14H,3-4,7-8,16H2,1-2H3. The molecule has 0 bridgehead atoms. The molecule has 0 amide bonds. The number of ether oxygens (including phenoxy) is 2. The molecule has 4 nitrogen and oxygen atoms in total. The molecule has 2 unspecified atom stereocenters. The highest BCUT2D eigenvalue weighted by Gasteiger charge is 2.22. The van der Waals surface area contributed by atoms with Crippen molar-refractivity contribution in [2.45, 2.75) is 32.7 Å². The van der Waals surface area contributed by atoms with Gasteiger partial charge in [0, 0.05) is 12.0 Å². The minimum Gasteiger partial charge on any atom is -0.490 e. The number of ketones is 1. The monoisotopic (exact) mass is 263 g/mol. The molecule has 0 fully saturated rings. The molecule has 1 aromatic carbocycles. The number of Topliss-reactive ketones (excluding diaryl/α,β-unsaturated/α-hetero) is 1. The summed E-state index contributed by atoms with van der Waals surface area (Å²) in [6, 6.07) is 4.83. The van der Waals surface area contributed by atoms with Gasteiger partial charge in [0.2, 0.25) is 0 Å². The van der Waals surface area contributed by atoms with Gasteiger partial charge in [-0.15, -0.1) is 0 Å². The lowest BCUT2D eigenvalue weighted by Gasteiger charge is -2.17. The first-order chi connectivity index (χ1) is 9.13. The molecule has 4 heteroatoms. The molecule has 19 heavy (non-hydrogen) atoms. The fourth-order valence-corrected chi connectivity index (χ4v) is 2.02. The van der Waals surface area contributed by atoms with Crippen LogP contribution in [0.3, 0.4) is 0 Å². The predicted octanol–water partition coefficient (Wildman–Crippen LogP) is 2.40. The van der Waals surface area contributed by atoms with Crippen LogP contribution in [0.4, 0.5) is 0 Å². The Bertz CT molecular complexity index is 459. The fourth-order valence-electron chi connectivity index (χ4n) is 2.02. The molecule has 1 aromatic rings. The Morgan fingerprint density at radius 1 is 1.32 bits per heavy atom. The van der Waals surface area contributed by atoms with Crippen LogP contribution in [0.25, 0.3) is 0 Å². The van der Waals surface area contributed by atoms with E-state index in [0.717, 1.165) is 12.8 Å². The topological polar surface area (TPSA) is 61.6 Å². The lowest BCUT2D eigenvalue weighted by Crippen LogP contribution is -2.36. The van der Waals surface area contributed by atoms with Gasteiger partial charge in [0.1, 0.15) is 0 Å². The van der Waals surface area contributed by atoms with Crippen molar-refractivity contribution in [3.8, 4) is 11.5 Å². The summed E-state index contributed by atoms with van der Waals surface area (Å²) >= 11 is 0. The van der Waals surface area contributed by atoms with Gasteiger partial charge in [-0.2, -0.15) is 0 Å². The van der Waals surface area contributed by atoms with E-state index in [-0.39, 0.29) is 11.7 Å². The highest BCUT2D eigenvalue weighted by Crippen LogP contribution is 2.31. The van der Waals surface area contributed by atoms with Crippen molar-refractivity contribution in [3.05, 3.63) is 23.8 Å². The lowest BCUT2D eigenvalue weighted by molar-refractivity contribution is 0.0934. The van der Waals surface area contributed by atoms with E-state index < -0.39 is 6.04 Å². The van der Waals surface area contributed by atoms with Crippen LogP contribution in [0.5, 0.6) is 11.5 Å². The number of carbonyl (C=O) groups is 1. The van der Waals surface area contributed by atoms with Crippen molar-refractivity contribution in [1.29, 1.82) is 0 Å². The Morgan fingerprint density at radius 2 is 2.00 bits per heavy atom. The molecule has 1 aliphatic rings. The molecule has 2 N–H and O–H groups in total. The molecule has 0 spiro atoms. The van der Waals surface area contributed by atoms with E-state index in [4.69, 9.17) is 15.2 Å². The average molecular weight is 263 g/mol. The van der Waals surface area contributed by atoms with Crippen LogP contribution in [0, 0.1) is 5.92 Å². The van der Waals surface area contributed by atoms with Gasteiger partial charge in [-0.05, 0) is 24.1 Å². The average Bonchev–Trinajstić information content (AvgIpc) is 2.69. The van der Waals surface area contributed by atoms with E-state index in [1.807, 2.05) is 13.8 Å². The van der Waals surface area contributed by atoms with Crippen LogP contribution in [0.15, 0.2) is 18.2 Å². The second-order valence-electron chi connectivity index (χ2n) is 4.99. The summed E-state index contributed by atoms with van der Waals surface area (Å²) in [6.07, 6.45) is 1.74. The predicted molar refractivity (Wildman–Crippen MR) is 73.8 cm³/mol. The molecule has 1 aliphatic heterocycles. The van der Waals surface area contributed by atoms with E-state index in [9.17, 15) is 4.79 Å². The molecular formula is C15H21NO3. The van der Waals surface area contributed by atoms with E-state index >= 15 is 0 Å². The zero-order valence-electron chi connectivity index (χ0n) is 11.5. The largest absolute Gasteiger partial charge is 0.490 e. The Hall–Kier alpha value is -1.55. The fraction of sp³-hybridized carbons (Fsp3) is 0.533. The van der Waals surface area contributed by atoms with Gasteiger partial charge in [0.05, 0.1) is 19.3 Å². The number of hydrogen-bond donors (Lipinski definition) is 1. The van der Waals surface area contributed by atoms with Crippen LogP contribution in [0.2, 0.25) is 0 Å². The van der Waals surface area contributed by atoms with E-state index in [1.165, 1.54) is 0 Å². The van der Waals surface area contributed by atoms with Crippen molar-refractivity contribution in [1.82, 2.24) is 0 Å². The number of carbonyl (C=O) groups excluding carboxylic acids is 1. The van der Waals surface area contributed by atoms with Gasteiger partial charge in [0.15, 0.2) is 17.3 Å². The third kappa shape index (κ3) is 3.07. The molecular weight excluding hydrogens is 242 g/mol. The van der Waals surface area contributed by atoms with Crippen molar-refractivity contribution in [3.63, 3.8) is 0 Å². The maximum absolute atomic E-state index is 12.3. The first-order valence-corrected chi connectivity index (χ1v) is 6.83. The van der Waals surface area contributed by atoms with Crippen LogP contribution >= 0.6 is 0 Å². The summed E-state index contributed by atoms with van der Waals surface area (Å²) in [6.45, 7) is 5.28. The minimum atomic E-state index is -0.463. The molecule has 0 aliphatic carbocycles. The first-order valence-electron chi connectivity index (χ1n) is 6.83. The molecule has 1 heterocycles. The Balaban J connectivity index is 2.21. The van der Waals surface area contributed by atoms with Gasteiger partial charge in [-0.1, -0.05) is 20.3 Å². The zero-order chi connectivity index (χ0) is 13.8. The van der Waals surface area contributed by atoms with Gasteiger partial charge >= 0.3 is 0 Å². The van der Waals surface area contributed by atoms with Gasteiger partial charge in [0.25, 0.3) is 0 Å². The minimum absolute atomic E-state index is 0.0370. The Kier molecular flexibility index (Phi) is 4.43. The molecule has 0 saturated carbocycles. The van der Waals surface area contributed by atoms with E-state index in [2.05, 4.69) is 0 Å². The third-order valence-electron chi connectivity index (χ3n) is 3.59. The van der Waals surface area contributed by atoms with Crippen molar-refractivity contribution in [2.75, 3.05) is 13.2 Å². The molecule has 0 radical (unpaired) electrons. The van der Waals surface area contributed by atoms with Gasteiger partial charge < -0.3 is 15.2 Å². The number of rotatable bonds is 4. The highest BCUT2D eigenvalue weighted by atomic mass is 16.5. The lowest BCUT2D eigenvalue weighted by atomic mass is 9.92. The summed E-state index contributed by atoms with van der Waals surface area (Å²) in [5.41, 5.74) is 6.58. The first kappa shape index (κ1) is 13.9. The number of fused-ring (bicyclic) bond motifs is 1. The number of hydrogen-bond acceptors (Lipinski definition) is 4. The summed E-state index contributed by atoms with van der Waals surface area (Å²) in [5, 5.41) is 0. The van der Waals surface area contributed by atoms with Crippen LogP contribution in [-0.2, 0) is 0 Å². The van der Waals surface area contributed by atoms with Crippen LogP contribution < -0.4 is 15.2 Å². The smallest absolute Gasteiger partial charge is 0.179 e. The van der Waals surface area contributed by atoms with Crippen molar-refractivity contribution >= 4 is 5.78 Å².